The Morgan fingerprint density at radius 2 is 1.80 bits per heavy atom. The quantitative estimate of drug-likeness (QED) is 0.746. The van der Waals surface area contributed by atoms with Gasteiger partial charge in [-0.05, 0) is 36.4 Å². The van der Waals surface area contributed by atoms with Gasteiger partial charge in [-0.2, -0.15) is 5.10 Å². The van der Waals surface area contributed by atoms with Crippen LogP contribution in [0.4, 0.5) is 18.9 Å². The van der Waals surface area contributed by atoms with Crippen molar-refractivity contribution in [1.82, 2.24) is 9.78 Å². The summed E-state index contributed by atoms with van der Waals surface area (Å²) >= 11 is 0. The molecule has 8 heteroatoms. The van der Waals surface area contributed by atoms with Crippen LogP contribution in [0, 0.1) is 17.5 Å². The second-order valence-corrected chi connectivity index (χ2v) is 5.23. The van der Waals surface area contributed by atoms with Gasteiger partial charge in [-0.25, -0.2) is 17.9 Å². The lowest BCUT2D eigenvalue weighted by atomic mass is 10.2. The van der Waals surface area contributed by atoms with Crippen LogP contribution in [0.3, 0.4) is 0 Å². The fraction of sp³-hybridized carbons (Fsp3) is 0.0588. The van der Waals surface area contributed by atoms with Crippen molar-refractivity contribution in [2.75, 3.05) is 5.32 Å². The molecule has 25 heavy (non-hydrogen) atoms. The van der Waals surface area contributed by atoms with Gasteiger partial charge in [0.05, 0.1) is 17.8 Å². The number of anilines is 1. The van der Waals surface area contributed by atoms with Gasteiger partial charge in [0, 0.05) is 11.9 Å². The second kappa shape index (κ2) is 6.68. The molecule has 3 aromatic rings. The molecule has 0 atom stereocenters. The third-order valence-electron chi connectivity index (χ3n) is 3.52. The maximum absolute atomic E-state index is 13.7. The van der Waals surface area contributed by atoms with Crippen molar-refractivity contribution in [3.8, 4) is 5.69 Å². The van der Waals surface area contributed by atoms with Gasteiger partial charge in [-0.15, -0.1) is 0 Å². The molecular formula is C17H13F3N4O. The molecule has 0 radical (unpaired) electrons. The number of nitrogens with two attached hydrogens (primary N) is 1. The number of aromatic nitrogens is 2. The van der Waals surface area contributed by atoms with Crippen molar-refractivity contribution in [3.63, 3.8) is 0 Å². The van der Waals surface area contributed by atoms with Crippen LogP contribution in [0.1, 0.15) is 16.1 Å². The van der Waals surface area contributed by atoms with Crippen LogP contribution in [0.15, 0.2) is 48.7 Å². The highest BCUT2D eigenvalue weighted by Gasteiger charge is 2.12. The molecule has 2 aromatic carbocycles. The Kier molecular flexibility index (Phi) is 4.42. The van der Waals surface area contributed by atoms with E-state index in [0.29, 0.717) is 11.4 Å². The summed E-state index contributed by atoms with van der Waals surface area (Å²) in [6, 6.07) is 9.03. The zero-order valence-corrected chi connectivity index (χ0v) is 12.8. The van der Waals surface area contributed by atoms with E-state index < -0.39 is 23.4 Å². The van der Waals surface area contributed by atoms with Crippen molar-refractivity contribution in [2.45, 2.75) is 6.54 Å². The van der Waals surface area contributed by atoms with E-state index in [1.54, 1.807) is 6.07 Å². The van der Waals surface area contributed by atoms with E-state index in [-0.39, 0.29) is 17.8 Å². The van der Waals surface area contributed by atoms with Crippen molar-refractivity contribution >= 4 is 11.6 Å². The molecule has 0 aliphatic carbocycles. The fourth-order valence-corrected chi connectivity index (χ4v) is 2.31. The maximum Gasteiger partial charge on any atom is 0.251 e. The predicted octanol–water partition coefficient (Wildman–Crippen LogP) is 3.00. The first kappa shape index (κ1) is 16.6. The van der Waals surface area contributed by atoms with Crippen molar-refractivity contribution in [1.29, 1.82) is 0 Å². The average Bonchev–Trinajstić information content (AvgIpc) is 3.01. The van der Waals surface area contributed by atoms with E-state index >= 15 is 0 Å². The summed E-state index contributed by atoms with van der Waals surface area (Å²) < 4.78 is 42.3. The first-order valence-electron chi connectivity index (χ1n) is 7.28. The van der Waals surface area contributed by atoms with Gasteiger partial charge >= 0.3 is 0 Å². The zero-order valence-electron chi connectivity index (χ0n) is 12.8. The van der Waals surface area contributed by atoms with E-state index in [1.807, 2.05) is 0 Å². The Morgan fingerprint density at radius 1 is 1.08 bits per heavy atom. The van der Waals surface area contributed by atoms with Gasteiger partial charge in [0.2, 0.25) is 0 Å². The van der Waals surface area contributed by atoms with Crippen LogP contribution in [-0.2, 0) is 6.54 Å². The molecular weight excluding hydrogens is 333 g/mol. The molecule has 0 spiro atoms. The third-order valence-corrected chi connectivity index (χ3v) is 3.52. The molecule has 0 aliphatic heterocycles. The van der Waals surface area contributed by atoms with Gasteiger partial charge in [0.1, 0.15) is 11.5 Å². The summed E-state index contributed by atoms with van der Waals surface area (Å²) in [6.45, 7) is 0.193. The molecule has 5 nitrogen and oxygen atoms in total. The number of benzene rings is 2. The Labute approximate surface area is 140 Å². The van der Waals surface area contributed by atoms with Crippen LogP contribution in [0.5, 0.6) is 0 Å². The lowest BCUT2D eigenvalue weighted by Gasteiger charge is -2.07. The minimum absolute atomic E-state index is 0.193. The van der Waals surface area contributed by atoms with Gasteiger partial charge < -0.3 is 11.1 Å². The maximum atomic E-state index is 13.7. The first-order chi connectivity index (χ1) is 12.0. The van der Waals surface area contributed by atoms with Gasteiger partial charge in [-0.3, -0.25) is 4.79 Å². The molecule has 0 saturated carbocycles. The number of hydrogen-bond donors (Lipinski definition) is 2. The van der Waals surface area contributed by atoms with Crippen LogP contribution in [0.2, 0.25) is 0 Å². The van der Waals surface area contributed by atoms with Crippen LogP contribution in [-0.4, -0.2) is 15.7 Å². The standard InChI is InChI=1S/C17H13F3N4O/c18-13-2-1-3-14(19)16(13)24-7-6-11(23-24)9-22-10-4-5-12(17(21)25)15(20)8-10/h1-8,22H,9H2,(H2,21,25). The van der Waals surface area contributed by atoms with Crippen LogP contribution >= 0.6 is 0 Å². The number of nitrogens with zero attached hydrogens (tertiary/aromatic N) is 2. The third kappa shape index (κ3) is 3.47. The number of nitrogens with one attached hydrogen (secondary N) is 1. The molecule has 128 valence electrons. The highest BCUT2D eigenvalue weighted by molar-refractivity contribution is 5.93. The number of rotatable bonds is 5. The zero-order chi connectivity index (χ0) is 18.0. The number of carbonyl (C=O) groups excluding carboxylic acids is 1. The average molecular weight is 346 g/mol. The number of primary amides is 1. The molecule has 0 fully saturated rings. The highest BCUT2D eigenvalue weighted by Crippen LogP contribution is 2.18. The smallest absolute Gasteiger partial charge is 0.251 e. The molecule has 3 N–H and O–H groups in total. The number of hydrogen-bond acceptors (Lipinski definition) is 3. The lowest BCUT2D eigenvalue weighted by Crippen LogP contribution is -2.13. The monoisotopic (exact) mass is 346 g/mol. The van der Waals surface area contributed by atoms with E-state index in [4.69, 9.17) is 5.73 Å². The predicted molar refractivity (Wildman–Crippen MR) is 85.7 cm³/mol. The summed E-state index contributed by atoms with van der Waals surface area (Å²) in [4.78, 5) is 11.0. The minimum Gasteiger partial charge on any atom is -0.379 e. The normalized spacial score (nSPS) is 10.7. The Hall–Kier alpha value is -3.29. The summed E-state index contributed by atoms with van der Waals surface area (Å²) in [5.41, 5.74) is 5.46. The molecule has 1 aromatic heterocycles. The molecule has 0 unspecified atom stereocenters. The van der Waals surface area contributed by atoms with Gasteiger partial charge in [0.25, 0.3) is 5.91 Å². The van der Waals surface area contributed by atoms with Gasteiger partial charge in [-0.1, -0.05) is 6.07 Å². The van der Waals surface area contributed by atoms with Gasteiger partial charge in [0.15, 0.2) is 11.6 Å². The Morgan fingerprint density at radius 3 is 2.44 bits per heavy atom. The molecule has 0 saturated heterocycles. The number of halogens is 3. The largest absolute Gasteiger partial charge is 0.379 e. The molecule has 0 bridgehead atoms. The Balaban J connectivity index is 1.74. The summed E-state index contributed by atoms with van der Waals surface area (Å²) in [7, 11) is 0. The molecule has 1 amide bonds. The number of carbonyl (C=O) groups is 1. The topological polar surface area (TPSA) is 72.9 Å². The minimum atomic E-state index is -0.852. The van der Waals surface area contributed by atoms with Crippen LogP contribution < -0.4 is 11.1 Å². The lowest BCUT2D eigenvalue weighted by molar-refractivity contribution is 0.0996. The number of para-hydroxylation sites is 1. The van der Waals surface area contributed by atoms with Crippen LogP contribution in [0.25, 0.3) is 5.69 Å². The molecule has 1 heterocycles. The van der Waals surface area contributed by atoms with Crippen molar-refractivity contribution in [3.05, 3.63) is 77.4 Å². The highest BCUT2D eigenvalue weighted by atomic mass is 19.1. The first-order valence-corrected chi connectivity index (χ1v) is 7.28. The Bertz CT molecular complexity index is 919. The summed E-state index contributed by atoms with van der Waals surface area (Å²) in [6.07, 6.45) is 1.43. The van der Waals surface area contributed by atoms with Crippen molar-refractivity contribution in [2.24, 2.45) is 5.73 Å². The van der Waals surface area contributed by atoms with E-state index in [9.17, 15) is 18.0 Å². The van der Waals surface area contributed by atoms with E-state index in [2.05, 4.69) is 10.4 Å². The SMILES string of the molecule is NC(=O)c1ccc(NCc2ccn(-c3c(F)cccc3F)n2)cc1F. The molecule has 3 rings (SSSR count). The van der Waals surface area contributed by atoms with E-state index in [1.165, 1.54) is 24.4 Å². The number of amides is 1. The molecule has 0 aliphatic rings. The summed E-state index contributed by atoms with van der Waals surface area (Å²) in [5.74, 6) is -3.05. The van der Waals surface area contributed by atoms with Crippen molar-refractivity contribution < 1.29 is 18.0 Å². The summed E-state index contributed by atoms with van der Waals surface area (Å²) in [5, 5.41) is 7.00. The second-order valence-electron chi connectivity index (χ2n) is 5.23. The fourth-order valence-electron chi connectivity index (χ4n) is 2.31. The van der Waals surface area contributed by atoms with E-state index in [0.717, 1.165) is 22.9 Å².